The lowest BCUT2D eigenvalue weighted by atomic mass is 10.0. The van der Waals surface area contributed by atoms with Crippen LogP contribution in [-0.4, -0.2) is 28.1 Å². The number of benzene rings is 2. The predicted molar refractivity (Wildman–Crippen MR) is 130 cm³/mol. The van der Waals surface area contributed by atoms with Crippen molar-refractivity contribution in [2.45, 2.75) is 33.2 Å². The number of hydrogen-bond acceptors (Lipinski definition) is 4. The maximum absolute atomic E-state index is 12.3. The van der Waals surface area contributed by atoms with Gasteiger partial charge in [0, 0.05) is 22.7 Å². The maximum atomic E-state index is 12.3. The Morgan fingerprint density at radius 1 is 1.09 bits per heavy atom. The van der Waals surface area contributed by atoms with Crippen LogP contribution in [0.2, 0.25) is 0 Å². The average molecular weight is 448 g/mol. The third-order valence-corrected chi connectivity index (χ3v) is 5.65. The van der Waals surface area contributed by atoms with Crippen LogP contribution in [0.25, 0.3) is 17.0 Å². The monoisotopic (exact) mass is 447 g/mol. The van der Waals surface area contributed by atoms with E-state index in [0.29, 0.717) is 19.1 Å². The van der Waals surface area contributed by atoms with E-state index in [1.54, 1.807) is 6.08 Å². The Morgan fingerprint density at radius 3 is 2.53 bits per heavy atom. The molecule has 1 fully saturated rings. The second kappa shape index (κ2) is 8.96. The minimum Gasteiger partial charge on any atom is -0.491 e. The first-order valence-corrected chi connectivity index (χ1v) is 10.9. The summed E-state index contributed by atoms with van der Waals surface area (Å²) in [6.07, 6.45) is 3.54. The highest BCUT2D eigenvalue weighted by atomic mass is 32.1. The largest absolute Gasteiger partial charge is 0.491 e. The van der Waals surface area contributed by atoms with Crippen LogP contribution in [0.3, 0.4) is 0 Å². The molecule has 0 aliphatic carbocycles. The van der Waals surface area contributed by atoms with Crippen LogP contribution < -0.4 is 15.4 Å². The van der Waals surface area contributed by atoms with Crippen molar-refractivity contribution in [3.05, 3.63) is 70.9 Å². The first kappa shape index (κ1) is 21.8. The van der Waals surface area contributed by atoms with Gasteiger partial charge in [-0.1, -0.05) is 44.2 Å². The number of para-hydroxylation sites is 1. The fourth-order valence-corrected chi connectivity index (χ4v) is 4.02. The van der Waals surface area contributed by atoms with E-state index in [1.807, 2.05) is 30.5 Å². The van der Waals surface area contributed by atoms with Crippen LogP contribution in [-0.2, 0) is 16.1 Å². The molecule has 0 radical (unpaired) electrons. The highest BCUT2D eigenvalue weighted by molar-refractivity contribution is 7.80. The first-order valence-electron chi connectivity index (χ1n) is 10.5. The van der Waals surface area contributed by atoms with Crippen LogP contribution in [0.1, 0.15) is 36.5 Å². The van der Waals surface area contributed by atoms with Crippen molar-refractivity contribution < 1.29 is 14.3 Å². The number of fused-ring (bicyclic) bond motifs is 1. The lowest BCUT2D eigenvalue weighted by Crippen LogP contribution is -2.51. The molecule has 1 aromatic heterocycles. The summed E-state index contributed by atoms with van der Waals surface area (Å²) in [5, 5.41) is 5.92. The summed E-state index contributed by atoms with van der Waals surface area (Å²) in [5.41, 5.74) is 4.16. The lowest BCUT2D eigenvalue weighted by Gasteiger charge is -2.16. The Balaban J connectivity index is 1.60. The van der Waals surface area contributed by atoms with Gasteiger partial charge in [-0.25, -0.2) is 0 Å². The van der Waals surface area contributed by atoms with Crippen molar-refractivity contribution >= 4 is 46.1 Å². The zero-order chi connectivity index (χ0) is 22.8. The standard InChI is InChI=1S/C25H25N3O3S/c1-15(2)18-9-8-16(3)12-22(18)31-11-10-28-14-17(19-6-4-5-7-21(19)28)13-20-23(29)26-25(32)27-24(20)30/h4-9,12-15H,10-11H2,1-3H3,(H2,26,27,29,30,32). The topological polar surface area (TPSA) is 72.4 Å². The number of nitrogens with one attached hydrogen (secondary N) is 2. The highest BCUT2D eigenvalue weighted by Crippen LogP contribution is 2.28. The zero-order valence-electron chi connectivity index (χ0n) is 18.3. The molecule has 0 saturated carbocycles. The maximum Gasteiger partial charge on any atom is 0.263 e. The molecule has 1 aliphatic heterocycles. The van der Waals surface area contributed by atoms with Crippen LogP contribution in [0.5, 0.6) is 5.75 Å². The summed E-state index contributed by atoms with van der Waals surface area (Å²) in [4.78, 5) is 24.5. The predicted octanol–water partition coefficient (Wildman–Crippen LogP) is 4.07. The van der Waals surface area contributed by atoms with Gasteiger partial charge in [0.2, 0.25) is 0 Å². The number of ether oxygens (including phenoxy) is 1. The zero-order valence-corrected chi connectivity index (χ0v) is 19.1. The van der Waals surface area contributed by atoms with Crippen molar-refractivity contribution in [3.63, 3.8) is 0 Å². The first-order chi connectivity index (χ1) is 15.3. The Hall–Kier alpha value is -3.45. The third-order valence-electron chi connectivity index (χ3n) is 5.44. The number of aromatic nitrogens is 1. The number of hydrogen-bond donors (Lipinski definition) is 2. The van der Waals surface area contributed by atoms with Gasteiger partial charge in [-0.2, -0.15) is 0 Å². The van der Waals surface area contributed by atoms with Crippen molar-refractivity contribution in [2.24, 2.45) is 0 Å². The number of nitrogens with zero attached hydrogens (tertiary/aromatic N) is 1. The normalized spacial score (nSPS) is 14.0. The van der Waals surface area contributed by atoms with E-state index in [-0.39, 0.29) is 10.7 Å². The van der Waals surface area contributed by atoms with Crippen molar-refractivity contribution in [3.8, 4) is 5.75 Å². The number of amides is 2. The molecule has 2 N–H and O–H groups in total. The van der Waals surface area contributed by atoms with Crippen molar-refractivity contribution in [1.82, 2.24) is 15.2 Å². The van der Waals surface area contributed by atoms with E-state index < -0.39 is 11.8 Å². The highest BCUT2D eigenvalue weighted by Gasteiger charge is 2.26. The molecular weight excluding hydrogens is 422 g/mol. The molecule has 0 bridgehead atoms. The van der Waals surface area contributed by atoms with Gasteiger partial charge in [-0.05, 0) is 54.4 Å². The van der Waals surface area contributed by atoms with Gasteiger partial charge in [0.25, 0.3) is 11.8 Å². The summed E-state index contributed by atoms with van der Waals surface area (Å²) in [7, 11) is 0. The molecule has 1 saturated heterocycles. The molecule has 2 heterocycles. The fraction of sp³-hybridized carbons (Fsp3) is 0.240. The molecule has 32 heavy (non-hydrogen) atoms. The third kappa shape index (κ3) is 4.43. The summed E-state index contributed by atoms with van der Waals surface area (Å²) >= 11 is 4.87. The van der Waals surface area contributed by atoms with Gasteiger partial charge in [-0.3, -0.25) is 20.2 Å². The lowest BCUT2D eigenvalue weighted by molar-refractivity contribution is -0.123. The minimum atomic E-state index is -0.500. The van der Waals surface area contributed by atoms with E-state index in [2.05, 4.69) is 54.2 Å². The number of carbonyl (C=O) groups is 2. The summed E-state index contributed by atoms with van der Waals surface area (Å²) in [6.45, 7) is 7.48. The molecule has 164 valence electrons. The van der Waals surface area contributed by atoms with E-state index in [0.717, 1.165) is 27.8 Å². The molecule has 2 amide bonds. The van der Waals surface area contributed by atoms with Crippen LogP contribution in [0, 0.1) is 6.92 Å². The summed E-state index contributed by atoms with van der Waals surface area (Å²) < 4.78 is 8.24. The second-order valence-electron chi connectivity index (χ2n) is 8.13. The SMILES string of the molecule is Cc1ccc(C(C)C)c(OCCn2cc(C=C3C(=O)NC(=S)NC3=O)c3ccccc32)c1. The Bertz CT molecular complexity index is 1230. The van der Waals surface area contributed by atoms with Gasteiger partial charge in [0.05, 0.1) is 6.54 Å². The van der Waals surface area contributed by atoms with E-state index in [9.17, 15) is 9.59 Å². The average Bonchev–Trinajstić information content (AvgIpc) is 3.08. The van der Waals surface area contributed by atoms with Gasteiger partial charge in [0.1, 0.15) is 17.9 Å². The second-order valence-corrected chi connectivity index (χ2v) is 8.54. The molecule has 6 nitrogen and oxygen atoms in total. The molecule has 7 heteroatoms. The molecule has 1 aliphatic rings. The van der Waals surface area contributed by atoms with E-state index in [1.165, 1.54) is 5.56 Å². The fourth-order valence-electron chi connectivity index (χ4n) is 3.83. The molecule has 0 unspecified atom stereocenters. The van der Waals surface area contributed by atoms with Crippen LogP contribution >= 0.6 is 12.2 Å². The molecule has 0 spiro atoms. The minimum absolute atomic E-state index is 0.0219. The number of thiocarbonyl (C=S) groups is 1. The Labute approximate surface area is 192 Å². The molecular formula is C25H25N3O3S. The van der Waals surface area contributed by atoms with Crippen molar-refractivity contribution in [2.75, 3.05) is 6.61 Å². The summed E-state index contributed by atoms with van der Waals surface area (Å²) in [5.74, 6) is 0.279. The number of aryl methyl sites for hydroxylation is 1. The molecule has 3 aromatic rings. The van der Waals surface area contributed by atoms with Gasteiger partial charge < -0.3 is 9.30 Å². The van der Waals surface area contributed by atoms with Gasteiger partial charge >= 0.3 is 0 Å². The summed E-state index contributed by atoms with van der Waals surface area (Å²) in [6, 6.07) is 14.2. The number of carbonyl (C=O) groups excluding carboxylic acids is 2. The molecule has 2 aromatic carbocycles. The quantitative estimate of drug-likeness (QED) is 0.340. The van der Waals surface area contributed by atoms with E-state index >= 15 is 0 Å². The Kier molecular flexibility index (Phi) is 6.10. The molecule has 0 atom stereocenters. The van der Waals surface area contributed by atoms with E-state index in [4.69, 9.17) is 17.0 Å². The van der Waals surface area contributed by atoms with Crippen LogP contribution in [0.4, 0.5) is 0 Å². The van der Waals surface area contributed by atoms with Gasteiger partial charge in [-0.15, -0.1) is 0 Å². The van der Waals surface area contributed by atoms with Crippen molar-refractivity contribution in [1.29, 1.82) is 0 Å². The smallest absolute Gasteiger partial charge is 0.263 e. The molecule has 4 rings (SSSR count). The Morgan fingerprint density at radius 2 is 1.81 bits per heavy atom. The van der Waals surface area contributed by atoms with Gasteiger partial charge in [0.15, 0.2) is 5.11 Å². The van der Waals surface area contributed by atoms with Crippen LogP contribution in [0.15, 0.2) is 54.2 Å². The number of rotatable bonds is 6.